The summed E-state index contributed by atoms with van der Waals surface area (Å²) in [4.78, 5) is 5.06. The average Bonchev–Trinajstić information content (AvgIpc) is 3.69. The van der Waals surface area contributed by atoms with Gasteiger partial charge in [0.15, 0.2) is 0 Å². The molecule has 0 spiro atoms. The molecule has 2 aliphatic heterocycles. The van der Waals surface area contributed by atoms with Gasteiger partial charge in [-0.25, -0.2) is 0 Å². The van der Waals surface area contributed by atoms with Crippen LogP contribution in [0.3, 0.4) is 0 Å². The molecule has 8 aromatic carbocycles. The Kier molecular flexibility index (Phi) is 10.4. The molecule has 2 aliphatic rings. The van der Waals surface area contributed by atoms with Gasteiger partial charge in [0, 0.05) is 43.9 Å². The van der Waals surface area contributed by atoms with E-state index in [9.17, 15) is 0 Å². The molecular formula is C64H63BN2OS. The van der Waals surface area contributed by atoms with Crippen molar-refractivity contribution in [2.75, 3.05) is 9.80 Å². The minimum atomic E-state index is -0.0639. The van der Waals surface area contributed by atoms with E-state index in [0.717, 1.165) is 51.1 Å². The number of ether oxygens (including phenoxy) is 1. The number of nitrogens with zero attached hydrogens (tertiary/aromatic N) is 2. The van der Waals surface area contributed by atoms with E-state index in [4.69, 9.17) is 4.74 Å². The molecule has 1 aromatic heterocycles. The van der Waals surface area contributed by atoms with Crippen LogP contribution in [0.4, 0.5) is 34.1 Å². The van der Waals surface area contributed by atoms with Crippen LogP contribution >= 0.6 is 11.3 Å². The van der Waals surface area contributed by atoms with Gasteiger partial charge in [0.25, 0.3) is 6.71 Å². The molecule has 0 saturated carbocycles. The van der Waals surface area contributed by atoms with Crippen molar-refractivity contribution < 1.29 is 4.74 Å². The Morgan fingerprint density at radius 3 is 1.58 bits per heavy atom. The number of rotatable bonds is 5. The molecule has 0 aliphatic carbocycles. The first kappa shape index (κ1) is 44.9. The summed E-state index contributed by atoms with van der Waals surface area (Å²) < 4.78 is 9.72. The van der Waals surface area contributed by atoms with Crippen LogP contribution in [-0.4, -0.2) is 6.71 Å². The molecular weight excluding hydrogens is 856 g/mol. The van der Waals surface area contributed by atoms with Crippen LogP contribution in [0.1, 0.15) is 105 Å². The second kappa shape index (κ2) is 16.0. The third-order valence-electron chi connectivity index (χ3n) is 14.5. The molecule has 3 nitrogen and oxygen atoms in total. The van der Waals surface area contributed by atoms with E-state index in [1.807, 2.05) is 11.3 Å². The number of hydrogen-bond donors (Lipinski definition) is 0. The average molecular weight is 919 g/mol. The van der Waals surface area contributed by atoms with Gasteiger partial charge in [-0.05, 0) is 138 Å². The molecule has 69 heavy (non-hydrogen) atoms. The van der Waals surface area contributed by atoms with Gasteiger partial charge in [-0.15, -0.1) is 11.3 Å². The van der Waals surface area contributed by atoms with Crippen molar-refractivity contribution in [3.05, 3.63) is 186 Å². The lowest BCUT2D eigenvalue weighted by Gasteiger charge is -2.41. The van der Waals surface area contributed by atoms with Crippen molar-refractivity contribution in [1.82, 2.24) is 0 Å². The summed E-state index contributed by atoms with van der Waals surface area (Å²) in [6.45, 7) is 27.6. The van der Waals surface area contributed by atoms with Crippen molar-refractivity contribution in [3.63, 3.8) is 0 Å². The lowest BCUT2D eigenvalue weighted by Crippen LogP contribution is -2.60. The van der Waals surface area contributed by atoms with Gasteiger partial charge < -0.3 is 14.5 Å². The maximum absolute atomic E-state index is 7.20. The zero-order chi connectivity index (χ0) is 48.4. The zero-order valence-corrected chi connectivity index (χ0v) is 43.2. The first-order valence-electron chi connectivity index (χ1n) is 24.7. The van der Waals surface area contributed by atoms with Crippen LogP contribution in [0.2, 0.25) is 0 Å². The zero-order valence-electron chi connectivity index (χ0n) is 42.4. The molecule has 9 aromatic rings. The standard InChI is InChI=1S/C64H63BN2OS/c1-61(2,3)42-22-28-46(29-23-42)66(47-30-24-43(25-31-47)62(4,5)6)48-38-50-49-20-16-17-21-58(49)69-60(50)55(39-48)67-53-32-26-44(63(7,8)9)36-51(53)65-52-37-45(64(10,11)12)27-33-56(52)68-57-35-41(34-54(67)59(57)65)40-18-14-13-15-19-40/h13-39H,1-12H3. The van der Waals surface area contributed by atoms with Crippen LogP contribution in [0.5, 0.6) is 11.5 Å². The van der Waals surface area contributed by atoms with Gasteiger partial charge in [0.05, 0.1) is 10.4 Å². The largest absolute Gasteiger partial charge is 0.458 e. The van der Waals surface area contributed by atoms with E-state index in [-0.39, 0.29) is 28.4 Å². The maximum Gasteiger partial charge on any atom is 0.256 e. The lowest BCUT2D eigenvalue weighted by molar-refractivity contribution is 0.486. The molecule has 0 atom stereocenters. The Balaban J connectivity index is 1.24. The van der Waals surface area contributed by atoms with E-state index in [2.05, 4.69) is 257 Å². The number of thiophene rings is 1. The predicted molar refractivity (Wildman–Crippen MR) is 300 cm³/mol. The minimum absolute atomic E-state index is 0.0255. The van der Waals surface area contributed by atoms with E-state index in [0.29, 0.717) is 0 Å². The highest BCUT2D eigenvalue weighted by atomic mass is 32.1. The Morgan fingerprint density at radius 1 is 0.420 bits per heavy atom. The quantitative estimate of drug-likeness (QED) is 0.160. The fraction of sp³-hybridized carbons (Fsp3) is 0.250. The monoisotopic (exact) mass is 918 g/mol. The summed E-state index contributed by atoms with van der Waals surface area (Å²) in [6, 6.07) is 62.0. The number of fused-ring (bicyclic) bond motifs is 7. The highest BCUT2D eigenvalue weighted by Crippen LogP contribution is 2.51. The van der Waals surface area contributed by atoms with Gasteiger partial charge in [-0.3, -0.25) is 0 Å². The molecule has 344 valence electrons. The highest BCUT2D eigenvalue weighted by Gasteiger charge is 2.44. The van der Waals surface area contributed by atoms with Crippen LogP contribution in [0.15, 0.2) is 164 Å². The Labute approximate surface area is 414 Å². The molecule has 0 fully saturated rings. The van der Waals surface area contributed by atoms with Gasteiger partial charge in [0.1, 0.15) is 11.5 Å². The van der Waals surface area contributed by atoms with Gasteiger partial charge in [-0.2, -0.15) is 0 Å². The molecule has 5 heteroatoms. The van der Waals surface area contributed by atoms with E-state index >= 15 is 0 Å². The molecule has 0 bridgehead atoms. The minimum Gasteiger partial charge on any atom is -0.458 e. The fourth-order valence-electron chi connectivity index (χ4n) is 10.5. The Morgan fingerprint density at radius 2 is 0.971 bits per heavy atom. The predicted octanol–water partition coefficient (Wildman–Crippen LogP) is 16.8. The fourth-order valence-corrected chi connectivity index (χ4v) is 11.7. The molecule has 3 heterocycles. The Bertz CT molecular complexity index is 3390. The summed E-state index contributed by atoms with van der Waals surface area (Å²) in [7, 11) is 0. The Hall–Kier alpha value is -6.56. The summed E-state index contributed by atoms with van der Waals surface area (Å²) in [6.07, 6.45) is 0. The van der Waals surface area contributed by atoms with Crippen molar-refractivity contribution in [3.8, 4) is 22.6 Å². The molecule has 11 rings (SSSR count). The molecule has 0 unspecified atom stereocenters. The van der Waals surface area contributed by atoms with Crippen molar-refractivity contribution in [1.29, 1.82) is 0 Å². The van der Waals surface area contributed by atoms with Crippen molar-refractivity contribution in [2.45, 2.75) is 105 Å². The van der Waals surface area contributed by atoms with E-state index < -0.39 is 0 Å². The van der Waals surface area contributed by atoms with Crippen LogP contribution in [-0.2, 0) is 21.7 Å². The highest BCUT2D eigenvalue weighted by molar-refractivity contribution is 7.26. The van der Waals surface area contributed by atoms with Crippen LogP contribution in [0, 0.1) is 0 Å². The smallest absolute Gasteiger partial charge is 0.256 e. The van der Waals surface area contributed by atoms with Crippen LogP contribution in [0.25, 0.3) is 31.3 Å². The van der Waals surface area contributed by atoms with Gasteiger partial charge in [-0.1, -0.05) is 180 Å². The lowest BCUT2D eigenvalue weighted by atomic mass is 9.33. The van der Waals surface area contributed by atoms with Crippen LogP contribution < -0.4 is 30.9 Å². The van der Waals surface area contributed by atoms with E-state index in [1.54, 1.807) is 0 Å². The summed E-state index contributed by atoms with van der Waals surface area (Å²) in [5.74, 6) is 1.84. The number of anilines is 6. The van der Waals surface area contributed by atoms with Crippen molar-refractivity contribution in [2.24, 2.45) is 0 Å². The molecule has 0 saturated heterocycles. The summed E-state index contributed by atoms with van der Waals surface area (Å²) in [5.41, 5.74) is 18.0. The molecule has 0 N–H and O–H groups in total. The molecule has 0 radical (unpaired) electrons. The third kappa shape index (κ3) is 7.84. The van der Waals surface area contributed by atoms with E-state index in [1.165, 1.54) is 64.5 Å². The van der Waals surface area contributed by atoms with Gasteiger partial charge in [0.2, 0.25) is 0 Å². The summed E-state index contributed by atoms with van der Waals surface area (Å²) in [5, 5.41) is 2.50. The van der Waals surface area contributed by atoms with Crippen molar-refractivity contribution >= 4 is 88.7 Å². The number of hydrogen-bond acceptors (Lipinski definition) is 4. The summed E-state index contributed by atoms with van der Waals surface area (Å²) >= 11 is 1.89. The second-order valence-electron chi connectivity index (χ2n) is 23.5. The SMILES string of the molecule is CC(C)(C)c1ccc(N(c2ccc(C(C)(C)C)cc2)c2cc(N3c4ccc(C(C)(C)C)cc4B4c5cc(C(C)(C)C)ccc5Oc5cc(-c6ccccc6)cc3c54)c3sc4ccccc4c3c2)cc1. The maximum atomic E-state index is 7.20. The third-order valence-corrected chi connectivity index (χ3v) is 15.7. The second-order valence-corrected chi connectivity index (χ2v) is 24.6. The first-order chi connectivity index (χ1) is 32.7. The van der Waals surface area contributed by atoms with Gasteiger partial charge >= 0.3 is 0 Å². The normalized spacial score (nSPS) is 13.6. The topological polar surface area (TPSA) is 15.7 Å². The first-order valence-corrected chi connectivity index (χ1v) is 25.5. The number of benzene rings is 8. The molecule has 0 amide bonds.